The minimum atomic E-state index is -2.22. The van der Waals surface area contributed by atoms with Crippen LogP contribution in [0.1, 0.15) is 219 Å². The number of thiazole rings is 5. The van der Waals surface area contributed by atoms with Gasteiger partial charge in [-0.15, -0.1) is 56.7 Å². The van der Waals surface area contributed by atoms with Gasteiger partial charge in [-0.2, -0.15) is 0 Å². The molecule has 9 heterocycles. The summed E-state index contributed by atoms with van der Waals surface area (Å²) in [6.07, 6.45) is -3.07. The quantitative estimate of drug-likeness (QED) is 0.0687. The van der Waals surface area contributed by atoms with Gasteiger partial charge in [-0.1, -0.05) is 51.7 Å². The number of ether oxygens (including phenoxy) is 1. The van der Waals surface area contributed by atoms with Crippen molar-refractivity contribution < 1.29 is 83.0 Å². The number of nitrogens with two attached hydrogens (primary N) is 1. The molecule has 2 unspecified atom stereocenters. The van der Waals surface area contributed by atoms with Gasteiger partial charge in [0.25, 0.3) is 35.4 Å². The smallest absolute Gasteiger partial charge is 0.357 e. The van der Waals surface area contributed by atoms with Gasteiger partial charge >= 0.3 is 5.97 Å². The Morgan fingerprint density at radius 3 is 2.08 bits per heavy atom. The highest BCUT2D eigenvalue weighted by molar-refractivity contribution is 7.12. The number of amides is 10. The summed E-state index contributed by atoms with van der Waals surface area (Å²) in [5.41, 5.74) is -1.10. The monoisotopic (exact) mass is 1590 g/mol. The highest BCUT2D eigenvalue weighted by Crippen LogP contribution is 2.48. The number of aromatic nitrogens is 6. The fourth-order valence-electron chi connectivity index (χ4n) is 11.9. The molecule has 13 bridgehead atoms. The molecular formula is C69H80N18O17S5. The molecule has 17 N–H and O–H groups in total. The van der Waals surface area contributed by atoms with E-state index in [1.807, 2.05) is 6.92 Å². The number of rotatable bonds is 10. The van der Waals surface area contributed by atoms with Crippen molar-refractivity contribution in [3.8, 4) is 0 Å². The van der Waals surface area contributed by atoms with Crippen LogP contribution in [0.2, 0.25) is 0 Å². The zero-order valence-corrected chi connectivity index (χ0v) is 64.3. The average Bonchev–Trinajstić information content (AvgIpc) is 1.66. The van der Waals surface area contributed by atoms with Gasteiger partial charge in [0.2, 0.25) is 23.6 Å². The van der Waals surface area contributed by atoms with Crippen LogP contribution in [0.4, 0.5) is 0 Å². The normalized spacial score (nSPS) is 26.3. The summed E-state index contributed by atoms with van der Waals surface area (Å²) in [5.74, 6) is -11.0. The maximum absolute atomic E-state index is 15.3. The van der Waals surface area contributed by atoms with Crippen LogP contribution in [0.5, 0.6) is 0 Å². The highest BCUT2D eigenvalue weighted by Gasteiger charge is 2.51. The molecule has 109 heavy (non-hydrogen) atoms. The molecule has 4 aliphatic rings. The zero-order chi connectivity index (χ0) is 79.6. The lowest BCUT2D eigenvalue weighted by Gasteiger charge is -2.41. The van der Waals surface area contributed by atoms with E-state index in [0.717, 1.165) is 56.7 Å². The first-order chi connectivity index (χ1) is 51.4. The summed E-state index contributed by atoms with van der Waals surface area (Å²) in [7, 11) is 0. The van der Waals surface area contributed by atoms with Gasteiger partial charge in [-0.3, -0.25) is 58.3 Å². The van der Waals surface area contributed by atoms with E-state index in [2.05, 4.69) is 86.3 Å². The summed E-state index contributed by atoms with van der Waals surface area (Å²) in [5, 5.41) is 91.2. The summed E-state index contributed by atoms with van der Waals surface area (Å²) < 4.78 is 6.25. The van der Waals surface area contributed by atoms with Crippen LogP contribution in [-0.2, 0) is 39.0 Å². The third-order valence-corrected chi connectivity index (χ3v) is 23.3. The third kappa shape index (κ3) is 17.5. The first-order valence-electron chi connectivity index (χ1n) is 34.1. The number of aliphatic imine (C=N–C) groups is 1. The summed E-state index contributed by atoms with van der Waals surface area (Å²) in [6, 6.07) is -10.3. The minimum Gasteiger partial charge on any atom is -0.455 e. The molecule has 6 aromatic rings. The van der Waals surface area contributed by atoms with Crippen LogP contribution in [0, 0.1) is 5.92 Å². The highest BCUT2D eigenvalue weighted by atomic mass is 32.1. The van der Waals surface area contributed by atoms with E-state index in [1.165, 1.54) is 94.4 Å². The van der Waals surface area contributed by atoms with Crippen molar-refractivity contribution in [2.45, 2.75) is 178 Å². The molecule has 10 amide bonds. The SMILES string of the molecule is C=C(NC(=O)c1csc(C2=N[C@@H]3c4csc(n4)[C@H]4NC(=O)c5csc(n5)[C@H]([C@](C)(O)[C@@H](C)O)NC(=O)c5csc(n5)/C(=C/C)NC(=O)[C@H]([C@@H](C)O)NC(=O)c5csc(n5)C3(CC2)NC(=O)[C@H](C)NC(=O)C(=C)NC(=O)[C@H](C)NC(=O)[C@H]([C@@H](C)CC)NC2C=Cc3c([C@H](C)O)cc(nc3[C@H]2O)C(=O)O[C@@H]4C)n1)C(N)=O. The Hall–Kier alpha value is -10.1. The molecule has 1 aliphatic carbocycles. The zero-order valence-electron chi connectivity index (χ0n) is 60.2. The Morgan fingerprint density at radius 1 is 0.752 bits per heavy atom. The van der Waals surface area contributed by atoms with Crippen LogP contribution in [0.3, 0.4) is 0 Å². The van der Waals surface area contributed by atoms with E-state index in [1.54, 1.807) is 19.1 Å². The second-order valence-electron chi connectivity index (χ2n) is 26.6. The number of fused-ring (bicyclic) bond motifs is 8. The van der Waals surface area contributed by atoms with Crippen LogP contribution in [-0.4, -0.2) is 180 Å². The Kier molecular flexibility index (Phi) is 24.9. The molecule has 0 saturated heterocycles. The van der Waals surface area contributed by atoms with Crippen LogP contribution in [0.25, 0.3) is 11.8 Å². The molecule has 578 valence electrons. The summed E-state index contributed by atoms with van der Waals surface area (Å²) >= 11 is 4.34. The van der Waals surface area contributed by atoms with Gasteiger partial charge in [0.05, 0.1) is 64.6 Å². The maximum atomic E-state index is 15.3. The molecule has 0 saturated carbocycles. The summed E-state index contributed by atoms with van der Waals surface area (Å²) in [6.45, 7) is 21.5. The second-order valence-corrected chi connectivity index (χ2v) is 31.0. The van der Waals surface area contributed by atoms with Crippen LogP contribution >= 0.6 is 56.7 Å². The number of aliphatic hydroxyl groups is 5. The molecule has 10 rings (SSSR count). The standard InChI is InChI=1S/C69H80N18O17S5/c1-13-25(3)45-60(100)74-28(6)54(94)72-27(5)53(93)73-29(7)55(95)87-69-18-17-38(63-81-41(21-106-63)56(96)71-26(4)52(70)92)77-50(69)40-20-107-64(79-40)47(32(10)104-66(102)39-19-35(30(8)88)34-15-16-37(75-45)49(91)48(34)76-39)85-57(97)42-23-108-65(82-42)51(68(12,103)33(11)90)86-59(99)43-22-105-62(80-43)36(14-2)78-61(101)46(31(9)89)84-58(98)44-24-109-67(69)83-44/h14-16,19-25,28-33,37,45-47,49-51,75,88-91,103H,4-5,13,17-18H2,1-3,6-12H3,(H2,70,92)(H,71,96)(H,72,94)(H,73,93)(H,74,100)(H,78,101)(H,84,98)(H,85,97)(H,86,99)(H,87,95)/b36-14-/t25-,28-,29-,30-,31+,32+,33+,37?,45-,46-,47-,49-,50+,51+,68+,69?/m0/s1. The maximum Gasteiger partial charge on any atom is 0.357 e. The second kappa shape index (κ2) is 33.4. The number of hydrogen-bond donors (Lipinski definition) is 16. The molecule has 0 fully saturated rings. The molecule has 0 spiro atoms. The van der Waals surface area contributed by atoms with E-state index < -0.39 is 178 Å². The third-order valence-electron chi connectivity index (χ3n) is 18.7. The first kappa shape index (κ1) is 81.4. The predicted octanol–water partition coefficient (Wildman–Crippen LogP) is 1.86. The van der Waals surface area contributed by atoms with Crippen molar-refractivity contribution >= 4 is 139 Å². The lowest BCUT2D eigenvalue weighted by atomic mass is 9.80. The topological polar surface area (TPSA) is 534 Å². The largest absolute Gasteiger partial charge is 0.455 e. The first-order valence-corrected chi connectivity index (χ1v) is 38.5. The van der Waals surface area contributed by atoms with Gasteiger partial charge < -0.3 is 83.9 Å². The van der Waals surface area contributed by atoms with Crippen LogP contribution in [0.15, 0.2) is 74.7 Å². The Balaban J connectivity index is 1.18. The number of nitrogens with zero attached hydrogens (tertiary/aromatic N) is 7. The number of aliphatic hydroxyl groups excluding tert-OH is 4. The Labute approximate surface area is 642 Å². The minimum absolute atomic E-state index is 0.0216. The average molecular weight is 1590 g/mol. The number of cyclic esters (lactones) is 1. The van der Waals surface area contributed by atoms with Crippen molar-refractivity contribution in [3.05, 3.63) is 146 Å². The number of primary amides is 1. The van der Waals surface area contributed by atoms with Crippen molar-refractivity contribution in [1.82, 2.24) is 83.1 Å². The van der Waals surface area contributed by atoms with Crippen molar-refractivity contribution in [2.75, 3.05) is 0 Å². The molecule has 40 heteroatoms. The molecule has 6 aromatic heterocycles. The van der Waals surface area contributed by atoms with Gasteiger partial charge in [0.1, 0.15) is 113 Å². The Morgan fingerprint density at radius 2 is 1.40 bits per heavy atom. The van der Waals surface area contributed by atoms with Gasteiger partial charge in [0.15, 0.2) is 0 Å². The van der Waals surface area contributed by atoms with Crippen LogP contribution < -0.4 is 58.9 Å². The van der Waals surface area contributed by atoms with E-state index in [0.29, 0.717) is 6.42 Å². The molecule has 0 radical (unpaired) electrons. The van der Waals surface area contributed by atoms with Crippen molar-refractivity contribution in [3.63, 3.8) is 0 Å². The number of hydrogen-bond acceptors (Lipinski definition) is 30. The van der Waals surface area contributed by atoms with Gasteiger partial charge in [-0.05, 0) is 85.8 Å². The number of allylic oxidation sites excluding steroid dienone is 1. The van der Waals surface area contributed by atoms with Gasteiger partial charge in [-0.25, -0.2) is 34.7 Å². The molecule has 0 aromatic carbocycles. The van der Waals surface area contributed by atoms with Crippen molar-refractivity contribution in [2.24, 2.45) is 16.6 Å². The van der Waals surface area contributed by atoms with E-state index in [4.69, 9.17) is 25.4 Å². The number of nitrogens with one attached hydrogen (secondary N) is 10. The fourth-order valence-corrected chi connectivity index (χ4v) is 16.5. The molecule has 3 aliphatic heterocycles. The van der Waals surface area contributed by atoms with E-state index in [-0.39, 0.29) is 94.6 Å². The molecule has 35 nitrogen and oxygen atoms in total. The Bertz CT molecular complexity index is 4740. The lowest BCUT2D eigenvalue weighted by molar-refractivity contribution is -0.131. The van der Waals surface area contributed by atoms with Gasteiger partial charge in [0, 0.05) is 32.5 Å². The fraction of sp³-hybridized carbons (Fsp3) is 0.420. The number of carbonyl (C=O) groups is 11. The summed E-state index contributed by atoms with van der Waals surface area (Å²) in [4.78, 5) is 190. The van der Waals surface area contributed by atoms with Crippen molar-refractivity contribution in [1.29, 1.82) is 0 Å². The predicted molar refractivity (Wildman–Crippen MR) is 399 cm³/mol. The van der Waals surface area contributed by atoms with E-state index in [9.17, 15) is 63.9 Å². The lowest BCUT2D eigenvalue weighted by Crippen LogP contribution is -2.57. The number of esters is 1. The molecule has 16 atom stereocenters. The number of carbonyl (C=O) groups excluding carboxylic acids is 11. The molecular weight excluding hydrogens is 1510 g/mol. The number of pyridine rings is 1. The van der Waals surface area contributed by atoms with E-state index >= 15 is 14.4 Å².